The summed E-state index contributed by atoms with van der Waals surface area (Å²) < 4.78 is 4.86. The second kappa shape index (κ2) is 7.57. The van der Waals surface area contributed by atoms with Crippen LogP contribution in [0.4, 0.5) is 0 Å². The Labute approximate surface area is 118 Å². The molecule has 0 aliphatic heterocycles. The summed E-state index contributed by atoms with van der Waals surface area (Å²) in [5, 5.41) is 6.95. The third kappa shape index (κ3) is 4.29. The average molecular weight is 273 g/mol. The molecular weight excluding hydrogens is 254 g/mol. The summed E-state index contributed by atoms with van der Waals surface area (Å²) in [6.45, 7) is 1.91. The Bertz CT molecular complexity index is 572. The number of aromatic nitrogens is 1. The highest BCUT2D eigenvalue weighted by Gasteiger charge is 2.01. The van der Waals surface area contributed by atoms with Crippen LogP contribution in [0.3, 0.4) is 0 Å². The van der Waals surface area contributed by atoms with E-state index >= 15 is 0 Å². The maximum Gasteiger partial charge on any atom is 0.234 e. The Morgan fingerprint density at radius 1 is 1.25 bits per heavy atom. The van der Waals surface area contributed by atoms with Crippen molar-refractivity contribution >= 4 is 16.8 Å². The molecule has 20 heavy (non-hydrogen) atoms. The summed E-state index contributed by atoms with van der Waals surface area (Å²) in [5.74, 6) is -0.0390. The highest BCUT2D eigenvalue weighted by Crippen LogP contribution is 2.11. The minimum atomic E-state index is -0.0390. The van der Waals surface area contributed by atoms with E-state index < -0.39 is 0 Å². The van der Waals surface area contributed by atoms with Crippen LogP contribution in [0.25, 0.3) is 10.9 Å². The number of nitrogens with zero attached hydrogens (tertiary/aromatic N) is 1. The lowest BCUT2D eigenvalue weighted by atomic mass is 10.2. The lowest BCUT2D eigenvalue weighted by Crippen LogP contribution is -2.35. The zero-order chi connectivity index (χ0) is 14.2. The maximum atomic E-state index is 11.5. The largest absolute Gasteiger partial charge is 0.383 e. The van der Waals surface area contributed by atoms with Gasteiger partial charge < -0.3 is 15.4 Å². The Morgan fingerprint density at radius 2 is 2.10 bits per heavy atom. The zero-order valence-electron chi connectivity index (χ0n) is 11.6. The summed E-state index contributed by atoms with van der Waals surface area (Å²) in [5.41, 5.74) is 1.89. The number of fused-ring (bicyclic) bond motifs is 1. The number of hydrogen-bond donors (Lipinski definition) is 2. The van der Waals surface area contributed by atoms with Crippen molar-refractivity contribution in [1.82, 2.24) is 15.6 Å². The smallest absolute Gasteiger partial charge is 0.234 e. The van der Waals surface area contributed by atoms with Gasteiger partial charge in [0.2, 0.25) is 5.91 Å². The second-order valence-electron chi connectivity index (χ2n) is 4.44. The van der Waals surface area contributed by atoms with E-state index in [1.807, 2.05) is 36.4 Å². The molecule has 1 aromatic carbocycles. The fourth-order valence-corrected chi connectivity index (χ4v) is 1.87. The van der Waals surface area contributed by atoms with Crippen molar-refractivity contribution in [2.24, 2.45) is 0 Å². The lowest BCUT2D eigenvalue weighted by molar-refractivity contribution is -0.120. The Morgan fingerprint density at radius 3 is 2.95 bits per heavy atom. The Balaban J connectivity index is 1.79. The Hall–Kier alpha value is -1.98. The molecule has 106 valence electrons. The summed E-state index contributed by atoms with van der Waals surface area (Å²) >= 11 is 0. The van der Waals surface area contributed by atoms with Crippen molar-refractivity contribution in [3.05, 3.63) is 42.1 Å². The first-order valence-electron chi connectivity index (χ1n) is 6.60. The van der Waals surface area contributed by atoms with Crippen LogP contribution in [0.1, 0.15) is 5.69 Å². The summed E-state index contributed by atoms with van der Waals surface area (Å²) in [7, 11) is 1.61. The van der Waals surface area contributed by atoms with Crippen LogP contribution in [0.15, 0.2) is 36.4 Å². The van der Waals surface area contributed by atoms with Gasteiger partial charge in [0.15, 0.2) is 0 Å². The SMILES string of the molecule is COCCNC(=O)CNCc1ccc2ccccc2n1. The van der Waals surface area contributed by atoms with E-state index in [1.54, 1.807) is 7.11 Å². The van der Waals surface area contributed by atoms with Crippen LogP contribution in [-0.4, -0.2) is 37.7 Å². The number of nitrogens with one attached hydrogen (secondary N) is 2. The third-order valence-corrected chi connectivity index (χ3v) is 2.88. The van der Waals surface area contributed by atoms with E-state index in [0.717, 1.165) is 16.6 Å². The fraction of sp³-hybridized carbons (Fsp3) is 0.333. The number of hydrogen-bond acceptors (Lipinski definition) is 4. The molecule has 0 fully saturated rings. The van der Waals surface area contributed by atoms with Crippen molar-refractivity contribution in [2.45, 2.75) is 6.54 Å². The number of benzene rings is 1. The van der Waals surface area contributed by atoms with Crippen molar-refractivity contribution in [1.29, 1.82) is 0 Å². The zero-order valence-corrected chi connectivity index (χ0v) is 11.6. The highest BCUT2D eigenvalue weighted by molar-refractivity contribution is 5.78. The standard InChI is InChI=1S/C15H19N3O2/c1-20-9-8-17-15(19)11-16-10-13-7-6-12-4-2-3-5-14(12)18-13/h2-7,16H,8-11H2,1H3,(H,17,19). The Kier molecular flexibility index (Phi) is 5.46. The maximum absolute atomic E-state index is 11.5. The molecule has 0 unspecified atom stereocenters. The van der Waals surface area contributed by atoms with Gasteiger partial charge in [0.05, 0.1) is 24.4 Å². The molecule has 0 saturated heterocycles. The average Bonchev–Trinajstić information content (AvgIpc) is 2.47. The normalized spacial score (nSPS) is 10.7. The number of rotatable bonds is 7. The quantitative estimate of drug-likeness (QED) is 0.741. The number of amides is 1. The van der Waals surface area contributed by atoms with Crippen molar-refractivity contribution in [2.75, 3.05) is 26.8 Å². The van der Waals surface area contributed by atoms with E-state index in [-0.39, 0.29) is 12.5 Å². The first-order valence-corrected chi connectivity index (χ1v) is 6.60. The minimum absolute atomic E-state index is 0.0390. The predicted molar refractivity (Wildman–Crippen MR) is 78.3 cm³/mol. The first-order chi connectivity index (χ1) is 9.79. The van der Waals surface area contributed by atoms with E-state index in [9.17, 15) is 4.79 Å². The third-order valence-electron chi connectivity index (χ3n) is 2.88. The van der Waals surface area contributed by atoms with Gasteiger partial charge in [-0.3, -0.25) is 9.78 Å². The van der Waals surface area contributed by atoms with Gasteiger partial charge in [0, 0.05) is 25.6 Å². The van der Waals surface area contributed by atoms with Gasteiger partial charge in [-0.2, -0.15) is 0 Å². The van der Waals surface area contributed by atoms with Gasteiger partial charge in [-0.25, -0.2) is 0 Å². The van der Waals surface area contributed by atoms with Gasteiger partial charge in [-0.15, -0.1) is 0 Å². The molecule has 1 aromatic heterocycles. The molecule has 0 aliphatic rings. The van der Waals surface area contributed by atoms with Gasteiger partial charge in [-0.05, 0) is 12.1 Å². The van der Waals surface area contributed by atoms with Crippen LogP contribution >= 0.6 is 0 Å². The molecule has 5 heteroatoms. The second-order valence-corrected chi connectivity index (χ2v) is 4.44. The van der Waals surface area contributed by atoms with E-state index in [4.69, 9.17) is 4.74 Å². The molecule has 0 bridgehead atoms. The van der Waals surface area contributed by atoms with Gasteiger partial charge in [0.25, 0.3) is 0 Å². The van der Waals surface area contributed by atoms with Gasteiger partial charge in [0.1, 0.15) is 0 Å². The van der Waals surface area contributed by atoms with E-state index in [1.165, 1.54) is 0 Å². The monoisotopic (exact) mass is 273 g/mol. The number of ether oxygens (including phenoxy) is 1. The minimum Gasteiger partial charge on any atom is -0.383 e. The first kappa shape index (κ1) is 14.4. The topological polar surface area (TPSA) is 63.2 Å². The molecule has 5 nitrogen and oxygen atoms in total. The van der Waals surface area contributed by atoms with Gasteiger partial charge >= 0.3 is 0 Å². The lowest BCUT2D eigenvalue weighted by Gasteiger charge is -2.06. The molecule has 2 rings (SSSR count). The predicted octanol–water partition coefficient (Wildman–Crippen LogP) is 1.09. The number of carbonyl (C=O) groups excluding carboxylic acids is 1. The van der Waals surface area contributed by atoms with Crippen molar-refractivity contribution in [3.63, 3.8) is 0 Å². The van der Waals surface area contributed by atoms with Crippen LogP contribution in [0.5, 0.6) is 0 Å². The molecule has 1 heterocycles. The van der Waals surface area contributed by atoms with Gasteiger partial charge in [-0.1, -0.05) is 24.3 Å². The van der Waals surface area contributed by atoms with E-state index in [2.05, 4.69) is 15.6 Å². The number of methoxy groups -OCH3 is 1. The van der Waals surface area contributed by atoms with Crippen LogP contribution < -0.4 is 10.6 Å². The molecule has 0 aliphatic carbocycles. The van der Waals surface area contributed by atoms with Crippen molar-refractivity contribution < 1.29 is 9.53 Å². The molecular formula is C15H19N3O2. The molecule has 0 saturated carbocycles. The fourth-order valence-electron chi connectivity index (χ4n) is 1.87. The molecule has 2 aromatic rings. The van der Waals surface area contributed by atoms with Crippen LogP contribution in [-0.2, 0) is 16.1 Å². The molecule has 0 radical (unpaired) electrons. The summed E-state index contributed by atoms with van der Waals surface area (Å²) in [6, 6.07) is 12.0. The number of pyridine rings is 1. The number of para-hydroxylation sites is 1. The summed E-state index contributed by atoms with van der Waals surface area (Å²) in [4.78, 5) is 16.0. The van der Waals surface area contributed by atoms with Crippen LogP contribution in [0, 0.1) is 0 Å². The molecule has 0 spiro atoms. The van der Waals surface area contributed by atoms with E-state index in [0.29, 0.717) is 19.7 Å². The highest BCUT2D eigenvalue weighted by atomic mass is 16.5. The molecule has 0 atom stereocenters. The molecule has 2 N–H and O–H groups in total. The number of carbonyl (C=O) groups is 1. The molecule has 1 amide bonds. The van der Waals surface area contributed by atoms with Crippen molar-refractivity contribution in [3.8, 4) is 0 Å². The summed E-state index contributed by atoms with van der Waals surface area (Å²) in [6.07, 6.45) is 0. The van der Waals surface area contributed by atoms with Crippen LogP contribution in [0.2, 0.25) is 0 Å².